The number of carbonyl (C=O) groups excluding carboxylic acids is 3. The van der Waals surface area contributed by atoms with E-state index in [1.54, 1.807) is 48.5 Å². The summed E-state index contributed by atoms with van der Waals surface area (Å²) in [6.45, 7) is 0. The monoisotopic (exact) mass is 425 g/mol. The molecule has 5 rings (SSSR count). The van der Waals surface area contributed by atoms with Crippen molar-refractivity contribution < 1.29 is 19.1 Å². The molecule has 0 unspecified atom stereocenters. The Balaban J connectivity index is 1.31. The van der Waals surface area contributed by atoms with E-state index in [1.807, 2.05) is 24.3 Å². The molecule has 0 radical (unpaired) electrons. The highest BCUT2D eigenvalue weighted by molar-refractivity contribution is 6.22. The predicted molar refractivity (Wildman–Crippen MR) is 120 cm³/mol. The zero-order valence-electron chi connectivity index (χ0n) is 17.5. The van der Waals surface area contributed by atoms with Crippen LogP contribution >= 0.6 is 0 Å². The molecular weight excluding hydrogens is 402 g/mol. The molecule has 0 aromatic heterocycles. The van der Waals surface area contributed by atoms with Gasteiger partial charge < -0.3 is 4.74 Å². The smallest absolute Gasteiger partial charge is 0.343 e. The molecule has 0 N–H and O–H groups in total. The highest BCUT2D eigenvalue weighted by Crippen LogP contribution is 2.45. The van der Waals surface area contributed by atoms with Crippen molar-refractivity contribution in [1.29, 1.82) is 0 Å². The van der Waals surface area contributed by atoms with Crippen LogP contribution in [0.4, 0.5) is 5.69 Å². The van der Waals surface area contributed by atoms with Crippen molar-refractivity contribution >= 4 is 23.5 Å². The summed E-state index contributed by atoms with van der Waals surface area (Å²) in [7, 11) is 0. The Morgan fingerprint density at radius 2 is 1.38 bits per heavy atom. The van der Waals surface area contributed by atoms with Crippen molar-refractivity contribution in [1.82, 2.24) is 0 Å². The summed E-state index contributed by atoms with van der Waals surface area (Å²) in [6, 6.07) is 25.5. The van der Waals surface area contributed by atoms with Gasteiger partial charge in [-0.15, -0.1) is 0 Å². The largest absolute Gasteiger partial charge is 0.423 e. The standard InChI is InChI=1S/C27H23NO4/c29-25-23-16-13-20(18-7-3-1-4-8-18)17-24(23)26(30)28(25)21-14-11-19(12-15-21)27(31)32-22-9-5-2-6-10-22/h1-12,14-15,20,23-24H,13,16-17H2/t20-,23-,24-/m1/s1. The first-order valence-electron chi connectivity index (χ1n) is 10.9. The fourth-order valence-corrected chi connectivity index (χ4v) is 4.86. The van der Waals surface area contributed by atoms with E-state index in [4.69, 9.17) is 4.74 Å². The van der Waals surface area contributed by atoms with Crippen molar-refractivity contribution in [2.24, 2.45) is 11.8 Å². The van der Waals surface area contributed by atoms with Crippen LogP contribution in [0.3, 0.4) is 0 Å². The van der Waals surface area contributed by atoms with Crippen LogP contribution in [-0.4, -0.2) is 17.8 Å². The van der Waals surface area contributed by atoms with Crippen LogP contribution in [0.15, 0.2) is 84.9 Å². The van der Waals surface area contributed by atoms with E-state index in [0.29, 0.717) is 35.8 Å². The number of fused-ring (bicyclic) bond motifs is 1. The van der Waals surface area contributed by atoms with Gasteiger partial charge >= 0.3 is 5.97 Å². The van der Waals surface area contributed by atoms with Crippen molar-refractivity contribution in [2.45, 2.75) is 25.2 Å². The number of imide groups is 1. The summed E-state index contributed by atoms with van der Waals surface area (Å²) in [4.78, 5) is 40.0. The molecule has 2 fully saturated rings. The van der Waals surface area contributed by atoms with Gasteiger partial charge in [-0.05, 0) is 67.1 Å². The number of hydrogen-bond donors (Lipinski definition) is 0. The molecule has 5 heteroatoms. The molecule has 2 amide bonds. The second kappa shape index (κ2) is 8.42. The number of esters is 1. The number of para-hydroxylation sites is 1. The van der Waals surface area contributed by atoms with Gasteiger partial charge in [0.2, 0.25) is 11.8 Å². The first kappa shape index (κ1) is 20.2. The molecule has 1 saturated carbocycles. The fourth-order valence-electron chi connectivity index (χ4n) is 4.86. The van der Waals surface area contributed by atoms with Gasteiger partial charge in [0.1, 0.15) is 5.75 Å². The zero-order chi connectivity index (χ0) is 22.1. The van der Waals surface area contributed by atoms with E-state index in [1.165, 1.54) is 10.5 Å². The molecule has 1 saturated heterocycles. The third-order valence-electron chi connectivity index (χ3n) is 6.51. The van der Waals surface area contributed by atoms with Gasteiger partial charge in [0.05, 0.1) is 23.1 Å². The van der Waals surface area contributed by atoms with Gasteiger partial charge in [-0.2, -0.15) is 0 Å². The zero-order valence-corrected chi connectivity index (χ0v) is 17.5. The van der Waals surface area contributed by atoms with Gasteiger partial charge in [-0.25, -0.2) is 4.79 Å². The quantitative estimate of drug-likeness (QED) is 0.336. The SMILES string of the molecule is O=C(Oc1ccccc1)c1ccc(N2C(=O)[C@@H]3CC[C@@H](c4ccccc4)C[C@H]3C2=O)cc1. The Kier molecular flexibility index (Phi) is 5.31. The molecular formula is C27H23NO4. The number of carbonyl (C=O) groups is 3. The molecule has 1 aliphatic heterocycles. The third-order valence-corrected chi connectivity index (χ3v) is 6.51. The highest BCUT2D eigenvalue weighted by Gasteiger charge is 2.50. The number of nitrogens with zero attached hydrogens (tertiary/aromatic N) is 1. The molecule has 2 aliphatic rings. The molecule has 3 aromatic carbocycles. The topological polar surface area (TPSA) is 63.7 Å². The van der Waals surface area contributed by atoms with Crippen molar-refractivity contribution in [3.8, 4) is 5.75 Å². The maximum Gasteiger partial charge on any atom is 0.343 e. The highest BCUT2D eigenvalue weighted by atomic mass is 16.5. The van der Waals surface area contributed by atoms with E-state index in [2.05, 4.69) is 12.1 Å². The van der Waals surface area contributed by atoms with Gasteiger partial charge in [0, 0.05) is 0 Å². The van der Waals surface area contributed by atoms with E-state index >= 15 is 0 Å². The number of benzene rings is 3. The molecule has 160 valence electrons. The van der Waals surface area contributed by atoms with Crippen LogP contribution in [0.5, 0.6) is 5.75 Å². The second-order valence-electron chi connectivity index (χ2n) is 8.39. The summed E-state index contributed by atoms with van der Waals surface area (Å²) < 4.78 is 5.35. The molecule has 3 aromatic rings. The van der Waals surface area contributed by atoms with Crippen LogP contribution in [0.1, 0.15) is 41.1 Å². The van der Waals surface area contributed by atoms with Gasteiger partial charge in [-0.1, -0.05) is 48.5 Å². The van der Waals surface area contributed by atoms with Crippen LogP contribution in [-0.2, 0) is 9.59 Å². The summed E-state index contributed by atoms with van der Waals surface area (Å²) in [5, 5.41) is 0. The fraction of sp³-hybridized carbons (Fsp3) is 0.222. The van der Waals surface area contributed by atoms with Crippen LogP contribution in [0.25, 0.3) is 0 Å². The van der Waals surface area contributed by atoms with E-state index in [9.17, 15) is 14.4 Å². The number of hydrogen-bond acceptors (Lipinski definition) is 4. The molecule has 0 bridgehead atoms. The minimum absolute atomic E-state index is 0.133. The van der Waals surface area contributed by atoms with Gasteiger partial charge in [0.15, 0.2) is 0 Å². The van der Waals surface area contributed by atoms with Gasteiger partial charge in [0.25, 0.3) is 0 Å². The Bertz CT molecular complexity index is 1140. The Morgan fingerprint density at radius 1 is 0.750 bits per heavy atom. The lowest BCUT2D eigenvalue weighted by molar-refractivity contribution is -0.122. The first-order valence-corrected chi connectivity index (χ1v) is 10.9. The summed E-state index contributed by atoms with van der Waals surface area (Å²) in [5.74, 6) is -0.547. The summed E-state index contributed by atoms with van der Waals surface area (Å²) in [5.41, 5.74) is 2.09. The lowest BCUT2D eigenvalue weighted by Crippen LogP contribution is -2.30. The van der Waals surface area contributed by atoms with Crippen LogP contribution < -0.4 is 9.64 Å². The maximum atomic E-state index is 13.2. The molecule has 1 aliphatic carbocycles. The average Bonchev–Trinajstić information content (AvgIpc) is 3.09. The van der Waals surface area contributed by atoms with E-state index in [0.717, 1.165) is 6.42 Å². The average molecular weight is 425 g/mol. The van der Waals surface area contributed by atoms with Gasteiger partial charge in [-0.3, -0.25) is 14.5 Å². The number of amides is 2. The van der Waals surface area contributed by atoms with E-state index in [-0.39, 0.29) is 23.7 Å². The van der Waals surface area contributed by atoms with Crippen molar-refractivity contribution in [3.05, 3.63) is 96.1 Å². The first-order chi connectivity index (χ1) is 15.6. The normalized spacial score (nSPS) is 22.5. The summed E-state index contributed by atoms with van der Waals surface area (Å²) in [6.07, 6.45) is 2.31. The van der Waals surface area contributed by atoms with Crippen LogP contribution in [0, 0.1) is 11.8 Å². The Morgan fingerprint density at radius 3 is 2.06 bits per heavy atom. The Hall–Kier alpha value is -3.73. The lowest BCUT2D eigenvalue weighted by atomic mass is 9.73. The summed E-state index contributed by atoms with van der Waals surface area (Å²) >= 11 is 0. The maximum absolute atomic E-state index is 13.2. The molecule has 5 nitrogen and oxygen atoms in total. The molecule has 3 atom stereocenters. The number of rotatable bonds is 4. The van der Waals surface area contributed by atoms with Crippen molar-refractivity contribution in [2.75, 3.05) is 4.90 Å². The minimum atomic E-state index is -0.485. The molecule has 32 heavy (non-hydrogen) atoms. The second-order valence-corrected chi connectivity index (χ2v) is 8.39. The van der Waals surface area contributed by atoms with E-state index < -0.39 is 5.97 Å². The predicted octanol–water partition coefficient (Wildman–Crippen LogP) is 4.98. The Labute approximate surface area is 186 Å². The lowest BCUT2D eigenvalue weighted by Gasteiger charge is -2.28. The van der Waals surface area contributed by atoms with Crippen LogP contribution in [0.2, 0.25) is 0 Å². The molecule has 1 heterocycles. The number of anilines is 1. The molecule has 0 spiro atoms. The minimum Gasteiger partial charge on any atom is -0.423 e. The number of ether oxygens (including phenoxy) is 1. The third kappa shape index (κ3) is 3.71. The van der Waals surface area contributed by atoms with Crippen molar-refractivity contribution in [3.63, 3.8) is 0 Å².